The normalized spacial score (nSPS) is 25.8. The van der Waals surface area contributed by atoms with Crippen LogP contribution >= 0.6 is 11.6 Å². The summed E-state index contributed by atoms with van der Waals surface area (Å²) in [5.74, 6) is -3.47. The van der Waals surface area contributed by atoms with Crippen molar-refractivity contribution in [1.29, 1.82) is 0 Å². The Kier molecular flexibility index (Phi) is 8.11. The van der Waals surface area contributed by atoms with Crippen LogP contribution in [0.4, 0.5) is 5.69 Å². The standard InChI is InChI=1S/C28H31ClN2O5/c1-3-17-14-15-19-24(23(17)28(35)36-4-2)27(34)31(22(16-32)18-10-6-5-7-11-18)25(19)26(33)30-21-13-9-8-12-20(21)29/h5-15,17,19,22-25,32H,3-4,16H2,1-2H3,(H,30,33)/t17-,19+,22-,23-,24+,25+/m1/s1. The molecule has 4 rings (SSSR count). The van der Waals surface area contributed by atoms with Gasteiger partial charge in [-0.05, 0) is 37.0 Å². The van der Waals surface area contributed by atoms with Crippen LogP contribution in [0.1, 0.15) is 31.9 Å². The molecular formula is C28H31ClN2O5. The molecule has 1 aliphatic carbocycles. The number of likely N-dealkylation sites (tertiary alicyclic amines) is 1. The highest BCUT2D eigenvalue weighted by Crippen LogP contribution is 2.48. The Balaban J connectivity index is 1.80. The van der Waals surface area contributed by atoms with Crippen LogP contribution < -0.4 is 5.32 Å². The Morgan fingerprint density at radius 3 is 2.42 bits per heavy atom. The van der Waals surface area contributed by atoms with Crippen molar-refractivity contribution in [3.63, 3.8) is 0 Å². The van der Waals surface area contributed by atoms with Crippen LogP contribution in [0.3, 0.4) is 0 Å². The van der Waals surface area contributed by atoms with E-state index in [4.69, 9.17) is 16.3 Å². The van der Waals surface area contributed by atoms with Crippen molar-refractivity contribution >= 4 is 35.1 Å². The number of aliphatic hydroxyl groups is 1. The highest BCUT2D eigenvalue weighted by Gasteiger charge is 2.59. The van der Waals surface area contributed by atoms with Crippen molar-refractivity contribution in [2.24, 2.45) is 23.7 Å². The molecule has 36 heavy (non-hydrogen) atoms. The lowest BCUT2D eigenvalue weighted by Crippen LogP contribution is -2.47. The van der Waals surface area contributed by atoms with Gasteiger partial charge in [0.15, 0.2) is 0 Å². The number of nitrogens with zero attached hydrogens (tertiary/aromatic N) is 1. The van der Waals surface area contributed by atoms with Gasteiger partial charge >= 0.3 is 5.97 Å². The SMILES string of the molecule is CCOC(=O)[C@H]1[C@H]2C(=O)N([C@H](CO)c3ccccc3)[C@H](C(=O)Nc3ccccc3Cl)[C@H]2C=C[C@H]1CC. The van der Waals surface area contributed by atoms with Gasteiger partial charge in [-0.15, -0.1) is 0 Å². The molecule has 2 amide bonds. The third-order valence-corrected chi connectivity index (χ3v) is 7.50. The highest BCUT2D eigenvalue weighted by atomic mass is 35.5. The number of anilines is 1. The number of para-hydroxylation sites is 1. The number of allylic oxidation sites excluding steroid dienone is 1. The number of hydrogen-bond donors (Lipinski definition) is 2. The number of fused-ring (bicyclic) bond motifs is 1. The fourth-order valence-corrected chi connectivity index (χ4v) is 5.71. The van der Waals surface area contributed by atoms with E-state index in [1.54, 1.807) is 31.2 Å². The number of carbonyl (C=O) groups is 3. The predicted molar refractivity (Wildman–Crippen MR) is 137 cm³/mol. The second-order valence-electron chi connectivity index (χ2n) is 9.11. The molecule has 0 unspecified atom stereocenters. The van der Waals surface area contributed by atoms with E-state index in [0.717, 1.165) is 0 Å². The molecule has 0 aromatic heterocycles. The molecule has 0 radical (unpaired) electrons. The first kappa shape index (κ1) is 25.9. The molecule has 1 heterocycles. The van der Waals surface area contributed by atoms with Crippen molar-refractivity contribution in [2.75, 3.05) is 18.5 Å². The lowest BCUT2D eigenvalue weighted by molar-refractivity contribution is -0.156. The average molecular weight is 511 g/mol. The van der Waals surface area contributed by atoms with Crippen LogP contribution in [0.2, 0.25) is 5.02 Å². The molecule has 0 saturated carbocycles. The quantitative estimate of drug-likeness (QED) is 0.409. The number of amides is 2. The van der Waals surface area contributed by atoms with Crippen LogP contribution in [-0.2, 0) is 19.1 Å². The molecule has 7 nitrogen and oxygen atoms in total. The van der Waals surface area contributed by atoms with E-state index in [9.17, 15) is 19.5 Å². The van der Waals surface area contributed by atoms with E-state index in [1.165, 1.54) is 4.90 Å². The molecule has 190 valence electrons. The molecule has 2 N–H and O–H groups in total. The Morgan fingerprint density at radius 2 is 1.78 bits per heavy atom. The Hall–Kier alpha value is -3.16. The third kappa shape index (κ3) is 4.77. The van der Waals surface area contributed by atoms with Crippen molar-refractivity contribution < 1.29 is 24.2 Å². The van der Waals surface area contributed by atoms with Crippen LogP contribution in [0.15, 0.2) is 66.7 Å². The summed E-state index contributed by atoms with van der Waals surface area (Å²) in [6.45, 7) is 3.51. The van der Waals surface area contributed by atoms with Crippen molar-refractivity contribution in [2.45, 2.75) is 32.4 Å². The maximum absolute atomic E-state index is 14.1. The Morgan fingerprint density at radius 1 is 1.08 bits per heavy atom. The lowest BCUT2D eigenvalue weighted by atomic mass is 9.69. The van der Waals surface area contributed by atoms with Gasteiger partial charge in [-0.3, -0.25) is 14.4 Å². The van der Waals surface area contributed by atoms with Gasteiger partial charge < -0.3 is 20.1 Å². The van der Waals surface area contributed by atoms with E-state index in [2.05, 4.69) is 5.32 Å². The van der Waals surface area contributed by atoms with E-state index >= 15 is 0 Å². The maximum atomic E-state index is 14.1. The second kappa shape index (κ2) is 11.3. The van der Waals surface area contributed by atoms with Gasteiger partial charge in [-0.1, -0.05) is 73.1 Å². The van der Waals surface area contributed by atoms with Crippen molar-refractivity contribution in [3.8, 4) is 0 Å². The minimum atomic E-state index is -0.956. The monoisotopic (exact) mass is 510 g/mol. The third-order valence-electron chi connectivity index (χ3n) is 7.17. The molecular weight excluding hydrogens is 480 g/mol. The molecule has 1 saturated heterocycles. The Bertz CT molecular complexity index is 1140. The van der Waals surface area contributed by atoms with Crippen LogP contribution in [0.5, 0.6) is 0 Å². The number of hydrogen-bond acceptors (Lipinski definition) is 5. The minimum absolute atomic E-state index is 0.189. The number of aliphatic hydroxyl groups excluding tert-OH is 1. The first-order chi connectivity index (χ1) is 17.4. The van der Waals surface area contributed by atoms with Gasteiger partial charge in [-0.2, -0.15) is 0 Å². The molecule has 2 aliphatic rings. The van der Waals surface area contributed by atoms with Crippen molar-refractivity contribution in [3.05, 3.63) is 77.3 Å². The molecule has 1 aliphatic heterocycles. The van der Waals surface area contributed by atoms with E-state index in [-0.39, 0.29) is 25.0 Å². The Labute approximate surface area is 216 Å². The summed E-state index contributed by atoms with van der Waals surface area (Å²) < 4.78 is 5.37. The summed E-state index contributed by atoms with van der Waals surface area (Å²) in [6, 6.07) is 14.3. The number of esters is 1. The molecule has 2 aromatic rings. The number of nitrogens with one attached hydrogen (secondary N) is 1. The number of ether oxygens (including phenoxy) is 1. The zero-order valence-corrected chi connectivity index (χ0v) is 21.1. The van der Waals surface area contributed by atoms with E-state index in [1.807, 2.05) is 49.4 Å². The number of rotatable bonds is 8. The fourth-order valence-electron chi connectivity index (χ4n) is 5.53. The van der Waals surface area contributed by atoms with Gasteiger partial charge in [0.1, 0.15) is 6.04 Å². The zero-order chi connectivity index (χ0) is 25.8. The second-order valence-corrected chi connectivity index (χ2v) is 9.51. The molecule has 6 atom stereocenters. The topological polar surface area (TPSA) is 95.9 Å². The predicted octanol–water partition coefficient (Wildman–Crippen LogP) is 4.23. The first-order valence-electron chi connectivity index (χ1n) is 12.3. The van der Waals surface area contributed by atoms with Gasteiger partial charge in [-0.25, -0.2) is 0 Å². The highest BCUT2D eigenvalue weighted by molar-refractivity contribution is 6.33. The molecule has 0 bridgehead atoms. The molecule has 0 spiro atoms. The maximum Gasteiger partial charge on any atom is 0.310 e. The average Bonchev–Trinajstić information content (AvgIpc) is 3.18. The summed E-state index contributed by atoms with van der Waals surface area (Å²) in [5.41, 5.74) is 1.12. The van der Waals surface area contributed by atoms with Gasteiger partial charge in [0.25, 0.3) is 0 Å². The summed E-state index contributed by atoms with van der Waals surface area (Å²) in [5, 5.41) is 13.7. The van der Waals surface area contributed by atoms with Gasteiger partial charge in [0.05, 0.1) is 41.8 Å². The van der Waals surface area contributed by atoms with Crippen LogP contribution in [0, 0.1) is 23.7 Å². The van der Waals surface area contributed by atoms with Crippen LogP contribution in [0.25, 0.3) is 0 Å². The smallest absolute Gasteiger partial charge is 0.310 e. The van der Waals surface area contributed by atoms with E-state index < -0.39 is 41.7 Å². The number of carbonyl (C=O) groups excluding carboxylic acids is 3. The number of benzene rings is 2. The molecule has 1 fully saturated rings. The summed E-state index contributed by atoms with van der Waals surface area (Å²) in [4.78, 5) is 42.4. The number of halogens is 1. The van der Waals surface area contributed by atoms with Gasteiger partial charge in [0, 0.05) is 5.92 Å². The zero-order valence-electron chi connectivity index (χ0n) is 20.3. The van der Waals surface area contributed by atoms with E-state index in [0.29, 0.717) is 22.7 Å². The summed E-state index contributed by atoms with van der Waals surface area (Å²) >= 11 is 6.29. The summed E-state index contributed by atoms with van der Waals surface area (Å²) in [6.07, 6.45) is 4.45. The lowest BCUT2D eigenvalue weighted by Gasteiger charge is -2.34. The molecule has 8 heteroatoms. The van der Waals surface area contributed by atoms with Crippen molar-refractivity contribution in [1.82, 2.24) is 4.90 Å². The first-order valence-corrected chi connectivity index (χ1v) is 12.7. The van der Waals surface area contributed by atoms with Crippen LogP contribution in [-0.4, -0.2) is 47.0 Å². The fraction of sp³-hybridized carbons (Fsp3) is 0.393. The molecule has 2 aromatic carbocycles. The van der Waals surface area contributed by atoms with Gasteiger partial charge in [0.2, 0.25) is 11.8 Å². The minimum Gasteiger partial charge on any atom is -0.466 e. The summed E-state index contributed by atoms with van der Waals surface area (Å²) in [7, 11) is 0. The largest absolute Gasteiger partial charge is 0.466 e.